The molecule has 0 aliphatic rings. The van der Waals surface area contributed by atoms with Gasteiger partial charge in [-0.25, -0.2) is 18.7 Å². The van der Waals surface area contributed by atoms with Crippen LogP contribution in [0.2, 0.25) is 0 Å². The highest BCUT2D eigenvalue weighted by Crippen LogP contribution is 2.20. The molecular formula is C12H20F2N4O. The van der Waals surface area contributed by atoms with E-state index >= 15 is 0 Å². The highest BCUT2D eigenvalue weighted by molar-refractivity contribution is 5.57. The van der Waals surface area contributed by atoms with Gasteiger partial charge in [-0.2, -0.15) is 0 Å². The Morgan fingerprint density at radius 3 is 2.42 bits per heavy atom. The van der Waals surface area contributed by atoms with Crippen molar-refractivity contribution in [2.45, 2.75) is 39.2 Å². The zero-order chi connectivity index (χ0) is 14.4. The van der Waals surface area contributed by atoms with E-state index in [1.165, 1.54) is 0 Å². The molecule has 0 radical (unpaired) electrons. The number of aliphatic hydroxyl groups excluding tert-OH is 1. The average molecular weight is 274 g/mol. The highest BCUT2D eigenvalue weighted by Gasteiger charge is 2.17. The van der Waals surface area contributed by atoms with E-state index in [0.29, 0.717) is 23.9 Å². The lowest BCUT2D eigenvalue weighted by Crippen LogP contribution is -2.27. The van der Waals surface area contributed by atoms with E-state index in [9.17, 15) is 8.78 Å². The molecule has 0 amide bonds. The SMILES string of the molecule is CCCc1nc(NC)c(C)c(NCC(O)C(F)F)n1. The summed E-state index contributed by atoms with van der Waals surface area (Å²) < 4.78 is 24.5. The second kappa shape index (κ2) is 7.18. The van der Waals surface area contributed by atoms with Gasteiger partial charge in [0.1, 0.15) is 23.6 Å². The fourth-order valence-corrected chi connectivity index (χ4v) is 1.60. The number of aryl methyl sites for hydroxylation is 1. The van der Waals surface area contributed by atoms with Crippen LogP contribution in [0.15, 0.2) is 0 Å². The second-order valence-electron chi connectivity index (χ2n) is 4.24. The number of aromatic nitrogens is 2. The highest BCUT2D eigenvalue weighted by atomic mass is 19.3. The molecule has 108 valence electrons. The van der Waals surface area contributed by atoms with Gasteiger partial charge in [0, 0.05) is 25.6 Å². The van der Waals surface area contributed by atoms with Gasteiger partial charge in [-0.1, -0.05) is 6.92 Å². The predicted molar refractivity (Wildman–Crippen MR) is 70.8 cm³/mol. The summed E-state index contributed by atoms with van der Waals surface area (Å²) in [6.45, 7) is 3.55. The second-order valence-corrected chi connectivity index (χ2v) is 4.24. The van der Waals surface area contributed by atoms with Gasteiger partial charge >= 0.3 is 0 Å². The summed E-state index contributed by atoms with van der Waals surface area (Å²) in [6, 6.07) is 0. The van der Waals surface area contributed by atoms with Crippen LogP contribution in [-0.4, -0.2) is 41.2 Å². The molecule has 0 bridgehead atoms. The molecule has 1 heterocycles. The maximum atomic E-state index is 12.2. The van der Waals surface area contributed by atoms with Gasteiger partial charge in [0.2, 0.25) is 0 Å². The Bertz CT molecular complexity index is 415. The number of hydrogen-bond acceptors (Lipinski definition) is 5. The van der Waals surface area contributed by atoms with Gasteiger partial charge in [0.25, 0.3) is 6.43 Å². The monoisotopic (exact) mass is 274 g/mol. The van der Waals surface area contributed by atoms with Crippen LogP contribution in [0.25, 0.3) is 0 Å². The lowest BCUT2D eigenvalue weighted by atomic mass is 10.2. The molecule has 1 rings (SSSR count). The first-order valence-corrected chi connectivity index (χ1v) is 6.24. The maximum absolute atomic E-state index is 12.2. The number of anilines is 2. The number of halogens is 2. The molecule has 0 spiro atoms. The third kappa shape index (κ3) is 4.27. The van der Waals surface area contributed by atoms with Gasteiger partial charge in [0.05, 0.1) is 0 Å². The molecule has 0 saturated heterocycles. The number of alkyl halides is 2. The number of aliphatic hydroxyl groups is 1. The van der Waals surface area contributed by atoms with E-state index in [1.54, 1.807) is 14.0 Å². The number of nitrogens with zero attached hydrogens (tertiary/aromatic N) is 2. The fraction of sp³-hybridized carbons (Fsp3) is 0.667. The molecule has 3 N–H and O–H groups in total. The first-order valence-electron chi connectivity index (χ1n) is 6.24. The van der Waals surface area contributed by atoms with Crippen molar-refractivity contribution in [3.05, 3.63) is 11.4 Å². The van der Waals surface area contributed by atoms with Crippen LogP contribution in [0.3, 0.4) is 0 Å². The molecule has 19 heavy (non-hydrogen) atoms. The summed E-state index contributed by atoms with van der Waals surface area (Å²) >= 11 is 0. The molecule has 0 fully saturated rings. The Hall–Kier alpha value is -1.50. The minimum absolute atomic E-state index is 0.246. The van der Waals surface area contributed by atoms with Crippen LogP contribution in [0.1, 0.15) is 24.7 Å². The topological polar surface area (TPSA) is 70.1 Å². The van der Waals surface area contributed by atoms with Crippen molar-refractivity contribution in [2.75, 3.05) is 24.2 Å². The molecule has 5 nitrogen and oxygen atoms in total. The Kier molecular flexibility index (Phi) is 5.88. The molecule has 0 aliphatic carbocycles. The summed E-state index contributed by atoms with van der Waals surface area (Å²) in [4.78, 5) is 8.61. The Morgan fingerprint density at radius 2 is 1.89 bits per heavy atom. The van der Waals surface area contributed by atoms with Crippen molar-refractivity contribution < 1.29 is 13.9 Å². The van der Waals surface area contributed by atoms with Gasteiger partial charge < -0.3 is 15.7 Å². The van der Waals surface area contributed by atoms with Gasteiger partial charge in [-0.05, 0) is 13.3 Å². The number of nitrogens with one attached hydrogen (secondary N) is 2. The van der Waals surface area contributed by atoms with Crippen LogP contribution in [0.4, 0.5) is 20.4 Å². The smallest absolute Gasteiger partial charge is 0.265 e. The minimum atomic E-state index is -2.77. The third-order valence-corrected chi connectivity index (χ3v) is 2.67. The number of hydrogen-bond donors (Lipinski definition) is 3. The first kappa shape index (κ1) is 15.6. The van der Waals surface area contributed by atoms with E-state index in [0.717, 1.165) is 12.0 Å². The van der Waals surface area contributed by atoms with Crippen molar-refractivity contribution in [2.24, 2.45) is 0 Å². The van der Waals surface area contributed by atoms with Gasteiger partial charge in [-0.15, -0.1) is 0 Å². The fourth-order valence-electron chi connectivity index (χ4n) is 1.60. The van der Waals surface area contributed by atoms with E-state index in [-0.39, 0.29) is 6.54 Å². The van der Waals surface area contributed by atoms with E-state index in [1.807, 2.05) is 6.92 Å². The standard InChI is InChI=1S/C12H20F2N4O/c1-4-5-9-17-11(15-3)7(2)12(18-9)16-6-8(19)10(13)14/h8,10,19H,4-6H2,1-3H3,(H2,15,16,17,18). The number of rotatable bonds is 7. The normalized spacial score (nSPS) is 12.6. The van der Waals surface area contributed by atoms with Crippen molar-refractivity contribution >= 4 is 11.6 Å². The van der Waals surface area contributed by atoms with E-state index < -0.39 is 12.5 Å². The molecule has 1 unspecified atom stereocenters. The van der Waals surface area contributed by atoms with Gasteiger partial charge in [-0.3, -0.25) is 0 Å². The molecule has 1 atom stereocenters. The summed E-state index contributed by atoms with van der Waals surface area (Å²) in [6.07, 6.45) is -2.87. The quantitative estimate of drug-likeness (QED) is 0.707. The zero-order valence-corrected chi connectivity index (χ0v) is 11.4. The molecular weight excluding hydrogens is 254 g/mol. The molecule has 0 saturated carbocycles. The van der Waals surface area contributed by atoms with Gasteiger partial charge in [0.15, 0.2) is 0 Å². The van der Waals surface area contributed by atoms with Crippen LogP contribution >= 0.6 is 0 Å². The molecule has 7 heteroatoms. The minimum Gasteiger partial charge on any atom is -0.385 e. The van der Waals surface area contributed by atoms with E-state index in [4.69, 9.17) is 5.11 Å². The van der Waals surface area contributed by atoms with Crippen molar-refractivity contribution in [1.29, 1.82) is 0 Å². The Balaban J connectivity index is 2.88. The Morgan fingerprint density at radius 1 is 1.26 bits per heavy atom. The summed E-state index contributed by atoms with van der Waals surface area (Å²) in [5.74, 6) is 1.78. The summed E-state index contributed by atoms with van der Waals surface area (Å²) in [7, 11) is 1.74. The lowest BCUT2D eigenvalue weighted by Gasteiger charge is -2.15. The zero-order valence-electron chi connectivity index (χ0n) is 11.4. The summed E-state index contributed by atoms with van der Waals surface area (Å²) in [5, 5.41) is 14.8. The van der Waals surface area contributed by atoms with Crippen LogP contribution in [0.5, 0.6) is 0 Å². The van der Waals surface area contributed by atoms with Crippen molar-refractivity contribution in [3.63, 3.8) is 0 Å². The molecule has 1 aromatic rings. The maximum Gasteiger partial charge on any atom is 0.265 e. The summed E-state index contributed by atoms with van der Waals surface area (Å²) in [5.41, 5.74) is 0.740. The van der Waals surface area contributed by atoms with E-state index in [2.05, 4.69) is 20.6 Å². The molecule has 0 aromatic carbocycles. The largest absolute Gasteiger partial charge is 0.385 e. The molecule has 0 aliphatic heterocycles. The third-order valence-electron chi connectivity index (χ3n) is 2.67. The Labute approximate surface area is 111 Å². The van der Waals surface area contributed by atoms with Crippen LogP contribution in [-0.2, 0) is 6.42 Å². The first-order chi connectivity index (χ1) is 8.99. The average Bonchev–Trinajstić information content (AvgIpc) is 2.38. The van der Waals surface area contributed by atoms with Crippen LogP contribution < -0.4 is 10.6 Å². The van der Waals surface area contributed by atoms with Crippen molar-refractivity contribution in [1.82, 2.24) is 9.97 Å². The lowest BCUT2D eigenvalue weighted by molar-refractivity contribution is 0.00380. The van der Waals surface area contributed by atoms with Crippen molar-refractivity contribution in [3.8, 4) is 0 Å². The predicted octanol–water partition coefficient (Wildman–Crippen LogP) is 1.82. The van der Waals surface area contributed by atoms with Crippen LogP contribution in [0, 0.1) is 6.92 Å². The molecule has 1 aromatic heterocycles.